The molecule has 6 heteroatoms. The second kappa shape index (κ2) is 6.75. The number of benzene rings is 1. The van der Waals surface area contributed by atoms with Crippen LogP contribution in [0, 0.1) is 0 Å². The summed E-state index contributed by atoms with van der Waals surface area (Å²) >= 11 is 1.55. The molecule has 1 aromatic carbocycles. The largest absolute Gasteiger partial charge is 0.493 e. The summed E-state index contributed by atoms with van der Waals surface area (Å²) in [4.78, 5) is 18.7. The van der Waals surface area contributed by atoms with Crippen molar-refractivity contribution in [2.24, 2.45) is 5.10 Å². The predicted octanol–water partition coefficient (Wildman–Crippen LogP) is 3.30. The number of fused-ring (bicyclic) bond motifs is 1. The van der Waals surface area contributed by atoms with Gasteiger partial charge < -0.3 is 4.74 Å². The van der Waals surface area contributed by atoms with E-state index in [-0.39, 0.29) is 5.56 Å². The van der Waals surface area contributed by atoms with E-state index in [2.05, 4.69) is 17.0 Å². The molecule has 0 amide bonds. The fraction of sp³-hybridized carbons (Fsp3) is 0.235. The van der Waals surface area contributed by atoms with Crippen LogP contribution in [0.5, 0.6) is 5.75 Å². The lowest BCUT2D eigenvalue weighted by Crippen LogP contribution is -2.16. The third kappa shape index (κ3) is 3.17. The van der Waals surface area contributed by atoms with Crippen LogP contribution >= 0.6 is 11.3 Å². The number of ether oxygens (including phenoxy) is 1. The predicted molar refractivity (Wildman–Crippen MR) is 93.9 cm³/mol. The van der Waals surface area contributed by atoms with Gasteiger partial charge in [0.25, 0.3) is 5.56 Å². The molecule has 0 spiro atoms. The average Bonchev–Trinajstić information content (AvgIpc) is 3.00. The van der Waals surface area contributed by atoms with Crippen molar-refractivity contribution in [1.29, 1.82) is 0 Å². The minimum Gasteiger partial charge on any atom is -0.493 e. The van der Waals surface area contributed by atoms with Crippen molar-refractivity contribution in [1.82, 2.24) is 9.66 Å². The first kappa shape index (κ1) is 15.4. The Hall–Kier alpha value is -2.47. The van der Waals surface area contributed by atoms with Crippen molar-refractivity contribution in [2.75, 3.05) is 6.61 Å². The highest BCUT2D eigenvalue weighted by atomic mass is 32.1. The van der Waals surface area contributed by atoms with Crippen LogP contribution in [0.15, 0.2) is 46.6 Å². The van der Waals surface area contributed by atoms with Gasteiger partial charge in [-0.05, 0) is 31.5 Å². The molecule has 3 aromatic rings. The van der Waals surface area contributed by atoms with Crippen LogP contribution in [0.2, 0.25) is 0 Å². The topological polar surface area (TPSA) is 56.5 Å². The number of thiophene rings is 1. The van der Waals surface area contributed by atoms with Gasteiger partial charge in [0.1, 0.15) is 16.9 Å². The van der Waals surface area contributed by atoms with Crippen LogP contribution in [0.4, 0.5) is 0 Å². The monoisotopic (exact) mass is 327 g/mol. The molecule has 0 N–H and O–H groups in total. The van der Waals surface area contributed by atoms with Gasteiger partial charge in [-0.1, -0.05) is 19.1 Å². The molecule has 23 heavy (non-hydrogen) atoms. The Bertz CT molecular complexity index is 912. The number of nitrogens with zero attached hydrogens (tertiary/aromatic N) is 3. The van der Waals surface area contributed by atoms with Gasteiger partial charge in [-0.3, -0.25) is 4.79 Å². The third-order valence-corrected chi connectivity index (χ3v) is 4.56. The Morgan fingerprint density at radius 3 is 2.96 bits per heavy atom. The number of rotatable bonds is 5. The molecule has 0 bridgehead atoms. The molecule has 2 heterocycles. The first-order chi connectivity index (χ1) is 11.2. The molecule has 0 unspecified atom stereocenters. The van der Waals surface area contributed by atoms with Crippen LogP contribution < -0.4 is 10.3 Å². The van der Waals surface area contributed by atoms with Gasteiger partial charge in [0.05, 0.1) is 18.2 Å². The molecule has 0 fully saturated rings. The molecule has 0 radical (unpaired) electrons. The summed E-state index contributed by atoms with van der Waals surface area (Å²) in [6.45, 7) is 4.57. The van der Waals surface area contributed by atoms with E-state index in [0.29, 0.717) is 12.0 Å². The van der Waals surface area contributed by atoms with Crippen molar-refractivity contribution in [3.8, 4) is 5.75 Å². The molecule has 0 aliphatic carbocycles. The van der Waals surface area contributed by atoms with Crippen LogP contribution in [0.3, 0.4) is 0 Å². The van der Waals surface area contributed by atoms with Crippen molar-refractivity contribution in [2.45, 2.75) is 20.3 Å². The Kier molecular flexibility index (Phi) is 4.52. The van der Waals surface area contributed by atoms with Crippen molar-refractivity contribution in [3.05, 3.63) is 57.5 Å². The van der Waals surface area contributed by atoms with Crippen LogP contribution in [-0.4, -0.2) is 22.5 Å². The van der Waals surface area contributed by atoms with Crippen LogP contribution in [-0.2, 0) is 6.42 Å². The molecule has 0 saturated carbocycles. The summed E-state index contributed by atoms with van der Waals surface area (Å²) in [7, 11) is 0. The Balaban J connectivity index is 1.98. The summed E-state index contributed by atoms with van der Waals surface area (Å²) in [6, 6.07) is 9.47. The summed E-state index contributed by atoms with van der Waals surface area (Å²) in [5.41, 5.74) is 0.664. The third-order valence-electron chi connectivity index (χ3n) is 3.37. The van der Waals surface area contributed by atoms with Gasteiger partial charge in [-0.25, -0.2) is 4.98 Å². The molecule has 2 aromatic heterocycles. The van der Waals surface area contributed by atoms with E-state index in [1.54, 1.807) is 17.6 Å². The zero-order chi connectivity index (χ0) is 16.2. The van der Waals surface area contributed by atoms with E-state index in [1.165, 1.54) is 11.0 Å². The molecular weight excluding hydrogens is 310 g/mol. The van der Waals surface area contributed by atoms with Gasteiger partial charge in [-0.15, -0.1) is 11.3 Å². The summed E-state index contributed by atoms with van der Waals surface area (Å²) in [5.74, 6) is 0.740. The van der Waals surface area contributed by atoms with Crippen LogP contribution in [0.1, 0.15) is 24.3 Å². The minimum atomic E-state index is -0.156. The molecule has 5 nitrogen and oxygen atoms in total. The van der Waals surface area contributed by atoms with Crippen molar-refractivity contribution >= 4 is 27.8 Å². The quantitative estimate of drug-likeness (QED) is 0.676. The first-order valence-electron chi connectivity index (χ1n) is 7.49. The highest BCUT2D eigenvalue weighted by Crippen LogP contribution is 2.21. The van der Waals surface area contributed by atoms with E-state index >= 15 is 0 Å². The number of para-hydroxylation sites is 1. The van der Waals surface area contributed by atoms with Gasteiger partial charge in [-0.2, -0.15) is 9.78 Å². The minimum absolute atomic E-state index is 0.156. The molecule has 0 saturated heterocycles. The number of hydrogen-bond donors (Lipinski definition) is 0. The highest BCUT2D eigenvalue weighted by molar-refractivity contribution is 7.18. The summed E-state index contributed by atoms with van der Waals surface area (Å²) in [5, 5.41) is 4.86. The maximum Gasteiger partial charge on any atom is 0.282 e. The van der Waals surface area contributed by atoms with E-state index < -0.39 is 0 Å². The normalized spacial score (nSPS) is 11.4. The first-order valence-corrected chi connectivity index (χ1v) is 8.30. The van der Waals surface area contributed by atoms with Gasteiger partial charge in [0.15, 0.2) is 0 Å². The zero-order valence-corrected chi connectivity index (χ0v) is 13.8. The van der Waals surface area contributed by atoms with E-state index in [0.717, 1.165) is 27.4 Å². The van der Waals surface area contributed by atoms with Gasteiger partial charge in [0.2, 0.25) is 0 Å². The Labute approximate surface area is 137 Å². The number of aromatic nitrogens is 2. The number of aryl methyl sites for hydroxylation is 1. The molecule has 0 aliphatic heterocycles. The summed E-state index contributed by atoms with van der Waals surface area (Å²) < 4.78 is 6.81. The molecule has 3 rings (SSSR count). The van der Waals surface area contributed by atoms with E-state index in [4.69, 9.17) is 4.74 Å². The second-order valence-electron chi connectivity index (χ2n) is 4.89. The standard InChI is InChI=1S/C17H17N3O2S/c1-3-13-9-14-16(23-13)18-11-20(17(14)21)19-10-12-7-5-6-8-15(12)22-4-2/h5-11H,3-4H2,1-2H3/b19-10-. The summed E-state index contributed by atoms with van der Waals surface area (Å²) in [6.07, 6.45) is 3.97. The molecular formula is C17H17N3O2S. The van der Waals surface area contributed by atoms with E-state index in [1.807, 2.05) is 37.3 Å². The van der Waals surface area contributed by atoms with Crippen molar-refractivity contribution in [3.63, 3.8) is 0 Å². The maximum atomic E-state index is 12.5. The average molecular weight is 327 g/mol. The Morgan fingerprint density at radius 2 is 2.17 bits per heavy atom. The van der Waals surface area contributed by atoms with Crippen LogP contribution in [0.25, 0.3) is 10.2 Å². The number of hydrogen-bond acceptors (Lipinski definition) is 5. The molecule has 118 valence electrons. The maximum absolute atomic E-state index is 12.5. The highest BCUT2D eigenvalue weighted by Gasteiger charge is 2.07. The van der Waals surface area contributed by atoms with Gasteiger partial charge >= 0.3 is 0 Å². The molecule has 0 atom stereocenters. The fourth-order valence-corrected chi connectivity index (χ4v) is 3.14. The lowest BCUT2D eigenvalue weighted by molar-refractivity contribution is 0.340. The SMILES string of the molecule is CCOc1ccccc1/C=N\n1cnc2sc(CC)cc2c1=O. The van der Waals surface area contributed by atoms with Gasteiger partial charge in [0, 0.05) is 10.4 Å². The van der Waals surface area contributed by atoms with E-state index in [9.17, 15) is 4.79 Å². The van der Waals surface area contributed by atoms with Crippen molar-refractivity contribution < 1.29 is 4.74 Å². The second-order valence-corrected chi connectivity index (χ2v) is 6.01. The lowest BCUT2D eigenvalue weighted by Gasteiger charge is -2.05. The smallest absolute Gasteiger partial charge is 0.282 e. The lowest BCUT2D eigenvalue weighted by atomic mass is 10.2. The molecule has 0 aliphatic rings. The fourth-order valence-electron chi connectivity index (χ4n) is 2.22. The Morgan fingerprint density at radius 1 is 1.35 bits per heavy atom. The zero-order valence-electron chi connectivity index (χ0n) is 13.0.